The number of aromatic hydroxyl groups is 1. The minimum absolute atomic E-state index is 0.0138. The van der Waals surface area contributed by atoms with Gasteiger partial charge in [0.05, 0.1) is 24.6 Å². The summed E-state index contributed by atoms with van der Waals surface area (Å²) < 4.78 is 5.50. The first-order chi connectivity index (χ1) is 11.0. The van der Waals surface area contributed by atoms with Gasteiger partial charge in [-0.1, -0.05) is 0 Å². The van der Waals surface area contributed by atoms with Crippen molar-refractivity contribution < 1.29 is 19.4 Å². The van der Waals surface area contributed by atoms with Crippen molar-refractivity contribution in [3.8, 4) is 5.75 Å². The second kappa shape index (κ2) is 6.16. The molecule has 2 aliphatic rings. The maximum absolute atomic E-state index is 12.6. The van der Waals surface area contributed by atoms with Crippen LogP contribution in [0.25, 0.3) is 0 Å². The summed E-state index contributed by atoms with van der Waals surface area (Å²) in [6.45, 7) is 2.00. The van der Waals surface area contributed by atoms with Crippen LogP contribution >= 0.6 is 0 Å². The topological polar surface area (TPSA) is 91.8 Å². The Kier molecular flexibility index (Phi) is 4.21. The van der Waals surface area contributed by atoms with Gasteiger partial charge in [-0.05, 0) is 18.1 Å². The highest BCUT2D eigenvalue weighted by Crippen LogP contribution is 2.42. The summed E-state index contributed by atoms with van der Waals surface area (Å²) in [4.78, 5) is 30.6. The van der Waals surface area contributed by atoms with Crippen LogP contribution in [0.1, 0.15) is 12.0 Å². The summed E-state index contributed by atoms with van der Waals surface area (Å²) >= 11 is 0. The molecule has 2 aliphatic heterocycles. The van der Waals surface area contributed by atoms with Gasteiger partial charge in [0.15, 0.2) is 0 Å². The summed E-state index contributed by atoms with van der Waals surface area (Å²) in [7, 11) is 1.63. The number of fused-ring (bicyclic) bond motifs is 1. The van der Waals surface area contributed by atoms with Gasteiger partial charge in [-0.25, -0.2) is 0 Å². The second-order valence-electron chi connectivity index (χ2n) is 6.26. The van der Waals surface area contributed by atoms with E-state index < -0.39 is 5.41 Å². The Hall–Kier alpha value is -2.15. The first kappa shape index (κ1) is 15.7. The average Bonchev–Trinajstić information content (AvgIpc) is 2.95. The van der Waals surface area contributed by atoms with Crippen molar-refractivity contribution in [1.82, 2.24) is 15.2 Å². The lowest BCUT2D eigenvalue weighted by molar-refractivity contribution is -0.139. The third-order valence-corrected chi connectivity index (χ3v) is 4.87. The molecule has 3 rings (SSSR count). The van der Waals surface area contributed by atoms with E-state index in [1.807, 2.05) is 0 Å². The number of hydrogen-bond donors (Lipinski definition) is 2. The Bertz CT molecular complexity index is 621. The second-order valence-corrected chi connectivity index (χ2v) is 6.26. The molecule has 0 unspecified atom stereocenters. The Labute approximate surface area is 134 Å². The number of rotatable bonds is 3. The minimum Gasteiger partial charge on any atom is -0.506 e. The Morgan fingerprint density at radius 3 is 3.09 bits per heavy atom. The van der Waals surface area contributed by atoms with Crippen LogP contribution in [-0.2, 0) is 20.7 Å². The van der Waals surface area contributed by atoms with Gasteiger partial charge in [0, 0.05) is 38.9 Å². The van der Waals surface area contributed by atoms with Crippen LogP contribution in [0.2, 0.25) is 0 Å². The number of carbonyl (C=O) groups is 2. The number of nitrogens with zero attached hydrogens (tertiary/aromatic N) is 2. The number of hydrogen-bond acceptors (Lipinski definition) is 5. The van der Waals surface area contributed by atoms with Gasteiger partial charge >= 0.3 is 0 Å². The minimum atomic E-state index is -0.542. The monoisotopic (exact) mass is 319 g/mol. The molecular formula is C16H21N3O4. The van der Waals surface area contributed by atoms with Gasteiger partial charge in [-0.2, -0.15) is 0 Å². The molecule has 0 spiro atoms. The van der Waals surface area contributed by atoms with Gasteiger partial charge in [-0.3, -0.25) is 14.6 Å². The highest BCUT2D eigenvalue weighted by Gasteiger charge is 2.54. The lowest BCUT2D eigenvalue weighted by Gasteiger charge is -2.36. The largest absolute Gasteiger partial charge is 0.506 e. The summed E-state index contributed by atoms with van der Waals surface area (Å²) in [5, 5.41) is 12.2. The van der Waals surface area contributed by atoms with Gasteiger partial charge in [0.1, 0.15) is 5.75 Å². The van der Waals surface area contributed by atoms with E-state index in [0.717, 1.165) is 0 Å². The van der Waals surface area contributed by atoms with Crippen LogP contribution < -0.4 is 5.32 Å². The van der Waals surface area contributed by atoms with E-state index in [2.05, 4.69) is 10.3 Å². The highest BCUT2D eigenvalue weighted by molar-refractivity contribution is 5.86. The summed E-state index contributed by atoms with van der Waals surface area (Å²) in [5.41, 5.74) is 0.120. The quantitative estimate of drug-likeness (QED) is 0.814. The molecule has 2 fully saturated rings. The van der Waals surface area contributed by atoms with Crippen molar-refractivity contribution >= 4 is 11.8 Å². The van der Waals surface area contributed by atoms with Crippen LogP contribution in [0, 0.1) is 11.3 Å². The predicted octanol–water partition coefficient (Wildman–Crippen LogP) is -0.0592. The number of nitrogens with one attached hydrogen (secondary N) is 1. The van der Waals surface area contributed by atoms with Crippen molar-refractivity contribution in [3.63, 3.8) is 0 Å². The number of ether oxygens (including phenoxy) is 1. The van der Waals surface area contributed by atoms with Crippen molar-refractivity contribution in [2.45, 2.75) is 12.8 Å². The van der Waals surface area contributed by atoms with Crippen LogP contribution in [0.4, 0.5) is 0 Å². The van der Waals surface area contributed by atoms with E-state index in [1.165, 1.54) is 12.3 Å². The Morgan fingerprint density at radius 1 is 1.52 bits per heavy atom. The summed E-state index contributed by atoms with van der Waals surface area (Å²) in [5.74, 6) is -0.00160. The van der Waals surface area contributed by atoms with Crippen LogP contribution in [0.3, 0.4) is 0 Å². The lowest BCUT2D eigenvalue weighted by atomic mass is 9.73. The molecule has 7 nitrogen and oxygen atoms in total. The Balaban J connectivity index is 1.74. The van der Waals surface area contributed by atoms with E-state index in [-0.39, 0.29) is 29.9 Å². The number of aromatic nitrogens is 1. The molecule has 0 aliphatic carbocycles. The zero-order valence-electron chi connectivity index (χ0n) is 13.1. The Morgan fingerprint density at radius 2 is 2.35 bits per heavy atom. The summed E-state index contributed by atoms with van der Waals surface area (Å²) in [6, 6.07) is 1.53. The molecule has 0 saturated carbocycles. The van der Waals surface area contributed by atoms with E-state index >= 15 is 0 Å². The molecule has 0 radical (unpaired) electrons. The molecule has 124 valence electrons. The maximum Gasteiger partial charge on any atom is 0.228 e. The fraction of sp³-hybridized carbons (Fsp3) is 0.562. The van der Waals surface area contributed by atoms with E-state index in [9.17, 15) is 14.7 Å². The zero-order chi connectivity index (χ0) is 16.4. The SMILES string of the molecule is CNC(=O)[C@]12CCOC[C@H]1CN(C(=O)Cc1cncc(O)c1)C2. The zero-order valence-corrected chi connectivity index (χ0v) is 13.1. The molecule has 2 saturated heterocycles. The molecule has 0 aromatic carbocycles. The molecule has 23 heavy (non-hydrogen) atoms. The van der Waals surface area contributed by atoms with E-state index in [0.29, 0.717) is 38.3 Å². The smallest absolute Gasteiger partial charge is 0.228 e. The first-order valence-corrected chi connectivity index (χ1v) is 7.76. The molecule has 7 heteroatoms. The van der Waals surface area contributed by atoms with Gasteiger partial charge < -0.3 is 20.1 Å². The van der Waals surface area contributed by atoms with Gasteiger partial charge in [0.2, 0.25) is 11.8 Å². The standard InChI is InChI=1S/C16H21N3O4/c1-17-15(22)16-2-3-23-9-12(16)8-19(10-16)14(21)5-11-4-13(20)7-18-6-11/h4,6-7,12,20H,2-3,5,8-10H2,1H3,(H,17,22)/t12-,16+/m1/s1. The predicted molar refractivity (Wildman–Crippen MR) is 81.6 cm³/mol. The molecule has 2 atom stereocenters. The van der Waals surface area contributed by atoms with Crippen LogP contribution in [0.15, 0.2) is 18.5 Å². The van der Waals surface area contributed by atoms with Crippen molar-refractivity contribution in [3.05, 3.63) is 24.0 Å². The fourth-order valence-corrected chi connectivity index (χ4v) is 3.62. The maximum atomic E-state index is 12.6. The number of carbonyl (C=O) groups excluding carboxylic acids is 2. The van der Waals surface area contributed by atoms with E-state index in [1.54, 1.807) is 18.1 Å². The van der Waals surface area contributed by atoms with Gasteiger partial charge in [0.25, 0.3) is 0 Å². The van der Waals surface area contributed by atoms with E-state index in [4.69, 9.17) is 4.74 Å². The third kappa shape index (κ3) is 2.88. The third-order valence-electron chi connectivity index (χ3n) is 4.87. The van der Waals surface area contributed by atoms with Gasteiger partial charge in [-0.15, -0.1) is 0 Å². The average molecular weight is 319 g/mol. The lowest BCUT2D eigenvalue weighted by Crippen LogP contribution is -2.49. The molecular weight excluding hydrogens is 298 g/mol. The fourth-order valence-electron chi connectivity index (χ4n) is 3.62. The molecule has 2 amide bonds. The molecule has 1 aromatic rings. The molecule has 1 aromatic heterocycles. The highest BCUT2D eigenvalue weighted by atomic mass is 16.5. The van der Waals surface area contributed by atoms with Crippen LogP contribution in [-0.4, -0.2) is 60.2 Å². The number of amides is 2. The molecule has 3 heterocycles. The number of likely N-dealkylation sites (tertiary alicyclic amines) is 1. The van der Waals surface area contributed by atoms with Crippen molar-refractivity contribution in [1.29, 1.82) is 0 Å². The van der Waals surface area contributed by atoms with Crippen molar-refractivity contribution in [2.24, 2.45) is 11.3 Å². The summed E-state index contributed by atoms with van der Waals surface area (Å²) in [6.07, 6.45) is 3.70. The first-order valence-electron chi connectivity index (χ1n) is 7.76. The normalized spacial score (nSPS) is 26.7. The molecule has 0 bridgehead atoms. The number of pyridine rings is 1. The van der Waals surface area contributed by atoms with Crippen molar-refractivity contribution in [2.75, 3.05) is 33.4 Å². The molecule has 2 N–H and O–H groups in total. The van der Waals surface area contributed by atoms with Crippen LogP contribution in [0.5, 0.6) is 5.75 Å².